The van der Waals surface area contributed by atoms with Crippen LogP contribution >= 0.6 is 11.6 Å². The molecular formula is C23H20ClNO3. The third-order valence-corrected chi connectivity index (χ3v) is 4.65. The van der Waals surface area contributed by atoms with E-state index in [1.165, 1.54) is 7.11 Å². The van der Waals surface area contributed by atoms with Crippen molar-refractivity contribution in [2.45, 2.75) is 12.5 Å². The number of rotatable bonds is 6. The Bertz CT molecular complexity index is 938. The molecule has 1 atom stereocenters. The molecule has 1 amide bonds. The minimum atomic E-state index is -0.782. The zero-order chi connectivity index (χ0) is 19.9. The van der Waals surface area contributed by atoms with E-state index in [0.717, 1.165) is 16.7 Å². The fraction of sp³-hybridized carbons (Fsp3) is 0.130. The van der Waals surface area contributed by atoms with Crippen LogP contribution in [-0.4, -0.2) is 25.0 Å². The normalized spacial score (nSPS) is 11.5. The van der Waals surface area contributed by atoms with Gasteiger partial charge in [0.05, 0.1) is 7.11 Å². The Kier molecular flexibility index (Phi) is 6.45. The zero-order valence-electron chi connectivity index (χ0n) is 15.4. The van der Waals surface area contributed by atoms with Crippen LogP contribution in [0.15, 0.2) is 78.9 Å². The van der Waals surface area contributed by atoms with Crippen molar-refractivity contribution in [2.24, 2.45) is 0 Å². The molecule has 0 radical (unpaired) electrons. The van der Waals surface area contributed by atoms with Gasteiger partial charge in [-0.15, -0.1) is 0 Å². The Hall–Kier alpha value is -3.11. The number of halogens is 1. The van der Waals surface area contributed by atoms with Gasteiger partial charge in [0.25, 0.3) is 5.91 Å². The molecule has 0 heterocycles. The van der Waals surface area contributed by atoms with E-state index in [-0.39, 0.29) is 5.91 Å². The SMILES string of the molecule is COC(=O)[C@@H](Cc1ccc(-c2ccccc2)cc1)NC(=O)c1ccc(Cl)cc1. The lowest BCUT2D eigenvalue weighted by Gasteiger charge is -2.17. The number of amides is 1. The van der Waals surface area contributed by atoms with Crippen LogP contribution in [0.25, 0.3) is 11.1 Å². The number of nitrogens with one attached hydrogen (secondary N) is 1. The van der Waals surface area contributed by atoms with Crippen LogP contribution in [0.3, 0.4) is 0 Å². The van der Waals surface area contributed by atoms with Crippen molar-refractivity contribution < 1.29 is 14.3 Å². The van der Waals surface area contributed by atoms with E-state index in [2.05, 4.69) is 5.32 Å². The second-order valence-corrected chi connectivity index (χ2v) is 6.76. The van der Waals surface area contributed by atoms with Gasteiger partial charge in [-0.2, -0.15) is 0 Å². The predicted octanol–water partition coefficient (Wildman–Crippen LogP) is 4.52. The van der Waals surface area contributed by atoms with E-state index in [9.17, 15) is 9.59 Å². The van der Waals surface area contributed by atoms with E-state index in [4.69, 9.17) is 16.3 Å². The first kappa shape index (κ1) is 19.6. The van der Waals surface area contributed by atoms with Crippen molar-refractivity contribution in [1.29, 1.82) is 0 Å². The molecule has 0 saturated carbocycles. The summed E-state index contributed by atoms with van der Waals surface area (Å²) in [5.41, 5.74) is 3.56. The van der Waals surface area contributed by atoms with Crippen molar-refractivity contribution in [3.05, 3.63) is 95.0 Å². The number of hydrogen-bond donors (Lipinski definition) is 1. The van der Waals surface area contributed by atoms with E-state index >= 15 is 0 Å². The first-order chi connectivity index (χ1) is 13.6. The van der Waals surface area contributed by atoms with Crippen molar-refractivity contribution >= 4 is 23.5 Å². The first-order valence-electron chi connectivity index (χ1n) is 8.85. The molecule has 0 spiro atoms. The minimum absolute atomic E-state index is 0.334. The van der Waals surface area contributed by atoms with Crippen molar-refractivity contribution in [2.75, 3.05) is 7.11 Å². The van der Waals surface area contributed by atoms with E-state index in [0.29, 0.717) is 17.0 Å². The monoisotopic (exact) mass is 393 g/mol. The van der Waals surface area contributed by atoms with Gasteiger partial charge < -0.3 is 10.1 Å². The van der Waals surface area contributed by atoms with Crippen LogP contribution < -0.4 is 5.32 Å². The molecule has 0 aliphatic rings. The molecule has 4 nitrogen and oxygen atoms in total. The standard InChI is InChI=1S/C23H20ClNO3/c1-28-23(27)21(25-22(26)19-11-13-20(24)14-12-19)15-16-7-9-18(10-8-16)17-5-3-2-4-6-17/h2-14,21H,15H2,1H3,(H,25,26)/t21-/m1/s1. The second kappa shape index (κ2) is 9.20. The summed E-state index contributed by atoms with van der Waals surface area (Å²) >= 11 is 5.85. The summed E-state index contributed by atoms with van der Waals surface area (Å²) in [4.78, 5) is 24.6. The van der Waals surface area contributed by atoms with Crippen LogP contribution in [0.1, 0.15) is 15.9 Å². The molecule has 3 aromatic carbocycles. The van der Waals surface area contributed by atoms with Gasteiger partial charge in [-0.1, -0.05) is 66.2 Å². The number of carbonyl (C=O) groups is 2. The molecular weight excluding hydrogens is 374 g/mol. The summed E-state index contributed by atoms with van der Waals surface area (Å²) in [6.07, 6.45) is 0.334. The molecule has 5 heteroatoms. The largest absolute Gasteiger partial charge is 0.467 e. The lowest BCUT2D eigenvalue weighted by Crippen LogP contribution is -2.43. The van der Waals surface area contributed by atoms with Gasteiger partial charge in [0, 0.05) is 17.0 Å². The Morgan fingerprint density at radius 3 is 2.11 bits per heavy atom. The summed E-state index contributed by atoms with van der Waals surface area (Å²) in [5.74, 6) is -0.845. The lowest BCUT2D eigenvalue weighted by molar-refractivity contribution is -0.142. The van der Waals surface area contributed by atoms with Gasteiger partial charge in [0.2, 0.25) is 0 Å². The second-order valence-electron chi connectivity index (χ2n) is 6.32. The van der Waals surface area contributed by atoms with Crippen LogP contribution in [0.4, 0.5) is 0 Å². The molecule has 0 fully saturated rings. The molecule has 0 bridgehead atoms. The molecule has 1 N–H and O–H groups in total. The quantitative estimate of drug-likeness (QED) is 0.626. The molecule has 28 heavy (non-hydrogen) atoms. The van der Waals surface area contributed by atoms with Gasteiger partial charge in [-0.05, 0) is 41.0 Å². The van der Waals surface area contributed by atoms with Gasteiger partial charge in [-0.3, -0.25) is 4.79 Å². The summed E-state index contributed by atoms with van der Waals surface area (Å²) in [6.45, 7) is 0. The average molecular weight is 394 g/mol. The number of methoxy groups -OCH3 is 1. The first-order valence-corrected chi connectivity index (χ1v) is 9.23. The fourth-order valence-corrected chi connectivity index (χ4v) is 3.00. The maximum absolute atomic E-state index is 12.5. The Balaban J connectivity index is 1.72. The highest BCUT2D eigenvalue weighted by Crippen LogP contribution is 2.20. The number of benzene rings is 3. The molecule has 0 saturated heterocycles. The topological polar surface area (TPSA) is 55.4 Å². The third kappa shape index (κ3) is 4.99. The van der Waals surface area contributed by atoms with E-state index in [1.54, 1.807) is 24.3 Å². The van der Waals surface area contributed by atoms with Gasteiger partial charge in [0.1, 0.15) is 6.04 Å². The van der Waals surface area contributed by atoms with Gasteiger partial charge in [0.15, 0.2) is 0 Å². The van der Waals surface area contributed by atoms with Crippen LogP contribution in [0.2, 0.25) is 5.02 Å². The van der Waals surface area contributed by atoms with E-state index < -0.39 is 12.0 Å². The molecule has 0 aliphatic carbocycles. The Morgan fingerprint density at radius 2 is 1.50 bits per heavy atom. The molecule has 0 aliphatic heterocycles. The maximum atomic E-state index is 12.5. The fourth-order valence-electron chi connectivity index (χ4n) is 2.88. The van der Waals surface area contributed by atoms with Crippen molar-refractivity contribution in [3.8, 4) is 11.1 Å². The molecule has 142 valence electrons. The van der Waals surface area contributed by atoms with Gasteiger partial charge in [-0.25, -0.2) is 4.79 Å². The average Bonchev–Trinajstić information content (AvgIpc) is 2.74. The molecule has 0 unspecified atom stereocenters. The summed E-state index contributed by atoms with van der Waals surface area (Å²) < 4.78 is 4.86. The highest BCUT2D eigenvalue weighted by atomic mass is 35.5. The predicted molar refractivity (Wildman–Crippen MR) is 110 cm³/mol. The summed E-state index contributed by atoms with van der Waals surface area (Å²) in [5, 5.41) is 3.28. The zero-order valence-corrected chi connectivity index (χ0v) is 16.1. The maximum Gasteiger partial charge on any atom is 0.328 e. The highest BCUT2D eigenvalue weighted by Gasteiger charge is 2.22. The van der Waals surface area contributed by atoms with Crippen molar-refractivity contribution in [3.63, 3.8) is 0 Å². The number of hydrogen-bond acceptors (Lipinski definition) is 3. The lowest BCUT2D eigenvalue weighted by atomic mass is 10.0. The van der Waals surface area contributed by atoms with Crippen LogP contribution in [0.5, 0.6) is 0 Å². The van der Waals surface area contributed by atoms with Gasteiger partial charge >= 0.3 is 5.97 Å². The third-order valence-electron chi connectivity index (χ3n) is 4.40. The molecule has 3 rings (SSSR count). The van der Waals surface area contributed by atoms with Crippen molar-refractivity contribution in [1.82, 2.24) is 5.32 Å². The van der Waals surface area contributed by atoms with E-state index in [1.807, 2.05) is 54.6 Å². The summed E-state index contributed by atoms with van der Waals surface area (Å²) in [7, 11) is 1.31. The molecule has 0 aromatic heterocycles. The number of carbonyl (C=O) groups excluding carboxylic acids is 2. The Morgan fingerprint density at radius 1 is 0.893 bits per heavy atom. The van der Waals surface area contributed by atoms with Crippen LogP contribution in [-0.2, 0) is 16.0 Å². The Labute approximate surface area is 169 Å². The highest BCUT2D eigenvalue weighted by molar-refractivity contribution is 6.30. The minimum Gasteiger partial charge on any atom is -0.467 e. The molecule has 3 aromatic rings. The number of esters is 1. The smallest absolute Gasteiger partial charge is 0.328 e. The van der Waals surface area contributed by atoms with Crippen LogP contribution in [0, 0.1) is 0 Å². The summed E-state index contributed by atoms with van der Waals surface area (Å²) in [6, 6.07) is 23.6. The number of ether oxygens (including phenoxy) is 1.